The molecule has 0 aromatic heterocycles. The van der Waals surface area contributed by atoms with Crippen LogP contribution in [-0.4, -0.2) is 0 Å². The van der Waals surface area contributed by atoms with E-state index in [1.807, 2.05) is 0 Å². The third kappa shape index (κ3) is 4.06. The standard InChI is InChI=1S/C50H40/c1-49(2,3)45-27-30-28-46(50(4,5)6)44(36-22-24-42-34-16-10-8-14-32(34)38-18-12-20-40(36)48(38)42)26-29(30)25-43(45)35-21-23-41-33-15-9-7-13-31(33)37-17-11-19-39(35)47(37)41/h7-28H,1-6H3. The Labute approximate surface area is 295 Å². The predicted molar refractivity (Wildman–Crippen MR) is 216 cm³/mol. The van der Waals surface area contributed by atoms with Gasteiger partial charge in [-0.3, -0.25) is 0 Å². The zero-order chi connectivity index (χ0) is 34.1. The van der Waals surface area contributed by atoms with Crippen molar-refractivity contribution >= 4 is 32.3 Å². The van der Waals surface area contributed by atoms with Gasteiger partial charge >= 0.3 is 0 Å². The maximum atomic E-state index is 2.49. The second-order valence-corrected chi connectivity index (χ2v) is 16.5. The molecule has 0 radical (unpaired) electrons. The molecule has 0 heteroatoms. The second kappa shape index (κ2) is 10.1. The molecule has 0 nitrogen and oxygen atoms in total. The van der Waals surface area contributed by atoms with Crippen LogP contribution in [0.15, 0.2) is 133 Å². The molecule has 8 aromatic carbocycles. The first-order valence-electron chi connectivity index (χ1n) is 18.0. The van der Waals surface area contributed by atoms with Gasteiger partial charge in [0.05, 0.1) is 0 Å². The summed E-state index contributed by atoms with van der Waals surface area (Å²) in [6, 6.07) is 50.9. The Kier molecular flexibility index (Phi) is 5.92. The van der Waals surface area contributed by atoms with E-state index in [2.05, 4.69) is 175 Å². The van der Waals surface area contributed by atoms with Crippen molar-refractivity contribution in [1.29, 1.82) is 0 Å². The maximum Gasteiger partial charge on any atom is -0.00201 e. The number of fused-ring (bicyclic) bond motifs is 7. The summed E-state index contributed by atoms with van der Waals surface area (Å²) in [5, 5.41) is 8.02. The predicted octanol–water partition coefficient (Wildman–Crippen LogP) is 14.4. The van der Waals surface area contributed by atoms with Gasteiger partial charge in [0.2, 0.25) is 0 Å². The van der Waals surface area contributed by atoms with E-state index >= 15 is 0 Å². The summed E-state index contributed by atoms with van der Waals surface area (Å²) in [5.41, 5.74) is 18.7. The fourth-order valence-electron chi connectivity index (χ4n) is 9.12. The Morgan fingerprint density at radius 2 is 0.600 bits per heavy atom. The van der Waals surface area contributed by atoms with Crippen molar-refractivity contribution in [1.82, 2.24) is 0 Å². The highest BCUT2D eigenvalue weighted by Crippen LogP contribution is 2.52. The molecule has 2 aliphatic rings. The van der Waals surface area contributed by atoms with Crippen molar-refractivity contribution in [2.45, 2.75) is 52.4 Å². The molecule has 0 aliphatic heterocycles. The van der Waals surface area contributed by atoms with E-state index in [9.17, 15) is 0 Å². The van der Waals surface area contributed by atoms with Crippen molar-refractivity contribution in [2.75, 3.05) is 0 Å². The smallest absolute Gasteiger partial charge is 0.00201 e. The molecule has 2 aliphatic carbocycles. The van der Waals surface area contributed by atoms with Crippen LogP contribution in [0.5, 0.6) is 0 Å². The van der Waals surface area contributed by atoms with Gasteiger partial charge in [0, 0.05) is 0 Å². The zero-order valence-electron chi connectivity index (χ0n) is 29.7. The van der Waals surface area contributed by atoms with Crippen molar-refractivity contribution < 1.29 is 0 Å². The third-order valence-electron chi connectivity index (χ3n) is 11.4. The molecule has 50 heavy (non-hydrogen) atoms. The van der Waals surface area contributed by atoms with Gasteiger partial charge in [0.1, 0.15) is 0 Å². The summed E-state index contributed by atoms with van der Waals surface area (Å²) >= 11 is 0. The highest BCUT2D eigenvalue weighted by molar-refractivity contribution is 6.20. The van der Waals surface area contributed by atoms with Crippen LogP contribution in [0.4, 0.5) is 0 Å². The molecule has 0 N–H and O–H groups in total. The minimum atomic E-state index is -0.0392. The van der Waals surface area contributed by atoms with Crippen LogP contribution in [0.2, 0.25) is 0 Å². The van der Waals surface area contributed by atoms with Gasteiger partial charge in [-0.2, -0.15) is 0 Å². The van der Waals surface area contributed by atoms with Crippen LogP contribution >= 0.6 is 0 Å². The van der Waals surface area contributed by atoms with Crippen LogP contribution in [0.25, 0.3) is 99.1 Å². The highest BCUT2D eigenvalue weighted by atomic mass is 14.3. The Bertz CT molecular complexity index is 2510. The van der Waals surface area contributed by atoms with Gasteiger partial charge in [0.15, 0.2) is 0 Å². The number of hydrogen-bond acceptors (Lipinski definition) is 0. The second-order valence-electron chi connectivity index (χ2n) is 16.5. The number of rotatable bonds is 2. The lowest BCUT2D eigenvalue weighted by atomic mass is 9.76. The van der Waals surface area contributed by atoms with E-state index < -0.39 is 0 Å². The first kappa shape index (κ1) is 29.5. The molecule has 0 amide bonds. The summed E-state index contributed by atoms with van der Waals surface area (Å²) in [4.78, 5) is 0. The van der Waals surface area contributed by atoms with Gasteiger partial charge in [-0.25, -0.2) is 0 Å². The minimum absolute atomic E-state index is 0.0392. The van der Waals surface area contributed by atoms with Crippen molar-refractivity contribution in [2.24, 2.45) is 0 Å². The first-order chi connectivity index (χ1) is 24.1. The normalized spacial score (nSPS) is 13.0. The summed E-state index contributed by atoms with van der Waals surface area (Å²) in [7, 11) is 0. The molecule has 0 spiro atoms. The molecule has 10 rings (SSSR count). The van der Waals surface area contributed by atoms with Crippen molar-refractivity contribution in [3.63, 3.8) is 0 Å². The van der Waals surface area contributed by atoms with E-state index in [0.717, 1.165) is 0 Å². The molecule has 0 saturated heterocycles. The Hall–Kier alpha value is -5.46. The van der Waals surface area contributed by atoms with Gasteiger partial charge in [-0.05, 0) is 145 Å². The van der Waals surface area contributed by atoms with Crippen LogP contribution < -0.4 is 0 Å². The SMILES string of the molecule is CC(C)(C)c1cc2cc(C(C)(C)C)c(-c3ccc4c5c(cccc35)-c3ccccc3-4)cc2cc1-c1ccc2c3c(cccc13)-c1ccccc1-2. The van der Waals surface area contributed by atoms with E-state index in [1.165, 1.54) is 110 Å². The van der Waals surface area contributed by atoms with Crippen molar-refractivity contribution in [3.8, 4) is 66.8 Å². The number of benzene rings is 8. The van der Waals surface area contributed by atoms with Crippen LogP contribution in [0, 0.1) is 0 Å². The molecule has 0 unspecified atom stereocenters. The fraction of sp³-hybridized carbons (Fsp3) is 0.160. The maximum absolute atomic E-state index is 2.49. The molecule has 240 valence electrons. The fourth-order valence-corrected chi connectivity index (χ4v) is 9.12. The Balaban J connectivity index is 1.25. The van der Waals surface area contributed by atoms with Crippen LogP contribution in [0.3, 0.4) is 0 Å². The van der Waals surface area contributed by atoms with Gasteiger partial charge < -0.3 is 0 Å². The van der Waals surface area contributed by atoms with E-state index in [0.29, 0.717) is 0 Å². The molecule has 0 bridgehead atoms. The highest BCUT2D eigenvalue weighted by Gasteiger charge is 2.28. The van der Waals surface area contributed by atoms with Gasteiger partial charge in [-0.1, -0.05) is 151 Å². The lowest BCUT2D eigenvalue weighted by Crippen LogP contribution is -2.14. The molecule has 0 heterocycles. The summed E-state index contributed by atoms with van der Waals surface area (Å²) in [5.74, 6) is 0. The number of hydrogen-bond donors (Lipinski definition) is 0. The zero-order valence-corrected chi connectivity index (χ0v) is 29.7. The quantitative estimate of drug-likeness (QED) is 0.176. The summed E-state index contributed by atoms with van der Waals surface area (Å²) < 4.78 is 0. The lowest BCUT2D eigenvalue weighted by Gasteiger charge is -2.28. The molecule has 0 atom stereocenters. The van der Waals surface area contributed by atoms with E-state index in [-0.39, 0.29) is 10.8 Å². The molecule has 0 fully saturated rings. The van der Waals surface area contributed by atoms with Crippen LogP contribution in [-0.2, 0) is 10.8 Å². The molecular weight excluding hydrogens is 601 g/mol. The first-order valence-corrected chi connectivity index (χ1v) is 18.0. The summed E-state index contributed by atoms with van der Waals surface area (Å²) in [6.45, 7) is 14.2. The van der Waals surface area contributed by atoms with E-state index in [1.54, 1.807) is 0 Å². The van der Waals surface area contributed by atoms with Gasteiger partial charge in [-0.15, -0.1) is 0 Å². The molecule has 0 saturated carbocycles. The monoisotopic (exact) mass is 640 g/mol. The lowest BCUT2D eigenvalue weighted by molar-refractivity contribution is 0.591. The molecule has 8 aromatic rings. The average Bonchev–Trinajstić information content (AvgIpc) is 3.62. The summed E-state index contributed by atoms with van der Waals surface area (Å²) in [6.07, 6.45) is 0. The Morgan fingerprint density at radius 1 is 0.280 bits per heavy atom. The third-order valence-corrected chi connectivity index (χ3v) is 11.4. The Morgan fingerprint density at radius 3 is 0.980 bits per heavy atom. The van der Waals surface area contributed by atoms with Crippen molar-refractivity contribution in [3.05, 3.63) is 145 Å². The average molecular weight is 641 g/mol. The minimum Gasteiger partial charge on any atom is -0.0616 e. The van der Waals surface area contributed by atoms with Gasteiger partial charge in [0.25, 0.3) is 0 Å². The topological polar surface area (TPSA) is 0 Å². The largest absolute Gasteiger partial charge is 0.0616 e. The van der Waals surface area contributed by atoms with E-state index in [4.69, 9.17) is 0 Å². The molecular formula is C50H40. The van der Waals surface area contributed by atoms with Crippen LogP contribution in [0.1, 0.15) is 52.7 Å².